The van der Waals surface area contributed by atoms with Gasteiger partial charge >= 0.3 is 11.8 Å². The third-order valence-electron chi connectivity index (χ3n) is 5.25. The van der Waals surface area contributed by atoms with Gasteiger partial charge in [-0.25, -0.2) is 14.5 Å². The molecule has 6 heterocycles. The van der Waals surface area contributed by atoms with Crippen LogP contribution in [0.25, 0.3) is 17.1 Å². The van der Waals surface area contributed by atoms with Crippen molar-refractivity contribution in [1.82, 2.24) is 44.6 Å². The van der Waals surface area contributed by atoms with E-state index in [9.17, 15) is 4.79 Å². The molecule has 0 aromatic carbocycles. The number of nitrogens with one attached hydrogen (secondary N) is 1. The SMILES string of the molecule is O=C(c1nnc(-c2cnccn2)o1)N1CCc2[nH]cnc2C1c1cc2ccccn2n1. The monoisotopic (exact) mass is 413 g/mol. The van der Waals surface area contributed by atoms with Crippen LogP contribution in [0.3, 0.4) is 0 Å². The molecule has 1 atom stereocenters. The molecule has 1 N–H and O–H groups in total. The summed E-state index contributed by atoms with van der Waals surface area (Å²) >= 11 is 0. The number of pyridine rings is 1. The first-order valence-corrected chi connectivity index (χ1v) is 9.65. The lowest BCUT2D eigenvalue weighted by atomic mass is 9.99. The van der Waals surface area contributed by atoms with E-state index in [-0.39, 0.29) is 11.8 Å². The first kappa shape index (κ1) is 17.4. The quantitative estimate of drug-likeness (QED) is 0.473. The minimum Gasteiger partial charge on any atom is -0.411 e. The molecule has 1 amide bonds. The van der Waals surface area contributed by atoms with Gasteiger partial charge in [-0.3, -0.25) is 9.78 Å². The van der Waals surface area contributed by atoms with E-state index in [4.69, 9.17) is 4.42 Å². The Kier molecular flexibility index (Phi) is 3.85. The average Bonchev–Trinajstić information content (AvgIpc) is 3.57. The molecule has 0 radical (unpaired) electrons. The number of fused-ring (bicyclic) bond motifs is 2. The Labute approximate surface area is 174 Å². The topological polar surface area (TPSA) is 131 Å². The molecule has 152 valence electrons. The fraction of sp³-hybridized carbons (Fsp3) is 0.150. The van der Waals surface area contributed by atoms with Crippen molar-refractivity contribution in [3.63, 3.8) is 0 Å². The molecule has 11 nitrogen and oxygen atoms in total. The standard InChI is InChI=1S/C20H15N9O2/c30-20(19-26-25-18(31-19)15-10-21-5-6-22-15)28-8-4-13-16(24-11-23-13)17(28)14-9-12-3-1-2-7-29(12)27-14/h1-3,5-7,9-11,17H,4,8H2,(H,23,24). The molecule has 1 unspecified atom stereocenters. The maximum absolute atomic E-state index is 13.4. The minimum absolute atomic E-state index is 0.117. The Hall–Kier alpha value is -4.41. The molecule has 31 heavy (non-hydrogen) atoms. The first-order valence-electron chi connectivity index (χ1n) is 9.65. The number of nitrogens with zero attached hydrogens (tertiary/aromatic N) is 8. The van der Waals surface area contributed by atoms with Crippen molar-refractivity contribution in [1.29, 1.82) is 0 Å². The van der Waals surface area contributed by atoms with E-state index >= 15 is 0 Å². The zero-order valence-electron chi connectivity index (χ0n) is 16.1. The average molecular weight is 413 g/mol. The van der Waals surface area contributed by atoms with E-state index in [1.165, 1.54) is 12.4 Å². The number of hydrogen-bond acceptors (Lipinski definition) is 8. The number of carbonyl (C=O) groups is 1. The maximum atomic E-state index is 13.4. The highest BCUT2D eigenvalue weighted by Gasteiger charge is 2.38. The molecular weight excluding hydrogens is 398 g/mol. The molecule has 0 spiro atoms. The summed E-state index contributed by atoms with van der Waals surface area (Å²) in [5.74, 6) is -0.370. The van der Waals surface area contributed by atoms with Crippen LogP contribution >= 0.6 is 0 Å². The Bertz CT molecular complexity index is 1350. The Balaban J connectivity index is 1.40. The summed E-state index contributed by atoms with van der Waals surface area (Å²) in [5.41, 5.74) is 3.78. The number of hydrogen-bond donors (Lipinski definition) is 1. The van der Waals surface area contributed by atoms with Crippen molar-refractivity contribution in [3.05, 3.63) is 78.4 Å². The number of aromatic nitrogens is 8. The van der Waals surface area contributed by atoms with Crippen LogP contribution in [0.5, 0.6) is 0 Å². The number of rotatable bonds is 3. The molecule has 0 bridgehead atoms. The fourth-order valence-corrected chi connectivity index (χ4v) is 3.83. The second kappa shape index (κ2) is 6.83. The fourth-order valence-electron chi connectivity index (χ4n) is 3.83. The summed E-state index contributed by atoms with van der Waals surface area (Å²) < 4.78 is 7.40. The normalized spacial score (nSPS) is 15.9. The van der Waals surface area contributed by atoms with Gasteiger partial charge in [-0.1, -0.05) is 6.07 Å². The predicted octanol–water partition coefficient (Wildman–Crippen LogP) is 1.69. The number of H-pyrrole nitrogens is 1. The van der Waals surface area contributed by atoms with Crippen LogP contribution in [0.15, 0.2) is 59.8 Å². The Morgan fingerprint density at radius 3 is 3.03 bits per heavy atom. The van der Waals surface area contributed by atoms with Gasteiger partial charge in [0.1, 0.15) is 11.7 Å². The van der Waals surface area contributed by atoms with Crippen molar-refractivity contribution < 1.29 is 9.21 Å². The van der Waals surface area contributed by atoms with E-state index in [1.54, 1.807) is 21.9 Å². The first-order chi connectivity index (χ1) is 15.3. The van der Waals surface area contributed by atoms with Gasteiger partial charge in [-0.15, -0.1) is 10.2 Å². The van der Waals surface area contributed by atoms with Gasteiger partial charge < -0.3 is 14.3 Å². The molecule has 0 fully saturated rings. The van der Waals surface area contributed by atoms with Crippen LogP contribution in [0, 0.1) is 0 Å². The summed E-state index contributed by atoms with van der Waals surface area (Å²) in [6.45, 7) is 0.454. The highest BCUT2D eigenvalue weighted by Crippen LogP contribution is 2.34. The van der Waals surface area contributed by atoms with Crippen molar-refractivity contribution >= 4 is 11.4 Å². The van der Waals surface area contributed by atoms with Gasteiger partial charge in [0.15, 0.2) is 0 Å². The van der Waals surface area contributed by atoms with Crippen LogP contribution in [0.4, 0.5) is 0 Å². The van der Waals surface area contributed by atoms with E-state index in [2.05, 4.69) is 35.2 Å². The molecule has 11 heteroatoms. The highest BCUT2D eigenvalue weighted by atomic mass is 16.4. The molecule has 5 aromatic rings. The molecule has 6 rings (SSSR count). The van der Waals surface area contributed by atoms with Gasteiger partial charge in [0, 0.05) is 37.3 Å². The van der Waals surface area contributed by atoms with Gasteiger partial charge in [-0.2, -0.15) is 5.10 Å². The van der Waals surface area contributed by atoms with Crippen LogP contribution < -0.4 is 0 Å². The summed E-state index contributed by atoms with van der Waals surface area (Å²) in [7, 11) is 0. The van der Waals surface area contributed by atoms with Crippen molar-refractivity contribution in [2.75, 3.05) is 6.54 Å². The molecule has 0 saturated carbocycles. The summed E-state index contributed by atoms with van der Waals surface area (Å²) in [6, 6.07) is 7.28. The minimum atomic E-state index is -0.478. The lowest BCUT2D eigenvalue weighted by molar-refractivity contribution is 0.0646. The third kappa shape index (κ3) is 2.86. The van der Waals surface area contributed by atoms with Crippen LogP contribution in [0.2, 0.25) is 0 Å². The molecule has 1 aliphatic heterocycles. The predicted molar refractivity (Wildman–Crippen MR) is 106 cm³/mol. The second-order valence-electron chi connectivity index (χ2n) is 7.06. The van der Waals surface area contributed by atoms with Crippen LogP contribution in [0.1, 0.15) is 33.8 Å². The van der Waals surface area contributed by atoms with E-state index in [1.807, 2.05) is 30.5 Å². The van der Waals surface area contributed by atoms with Gasteiger partial charge in [-0.05, 0) is 18.2 Å². The molecule has 0 aliphatic carbocycles. The van der Waals surface area contributed by atoms with E-state index in [0.717, 1.165) is 16.9 Å². The highest BCUT2D eigenvalue weighted by molar-refractivity contribution is 5.90. The summed E-state index contributed by atoms with van der Waals surface area (Å²) in [5, 5.41) is 12.6. The molecule has 0 saturated heterocycles. The number of carbonyl (C=O) groups excluding carboxylic acids is 1. The number of imidazole rings is 1. The second-order valence-corrected chi connectivity index (χ2v) is 7.06. The van der Waals surface area contributed by atoms with Crippen LogP contribution in [-0.4, -0.2) is 57.1 Å². The van der Waals surface area contributed by atoms with Crippen molar-refractivity contribution in [2.45, 2.75) is 12.5 Å². The Morgan fingerprint density at radius 1 is 1.19 bits per heavy atom. The number of aromatic amines is 1. The molecule has 1 aliphatic rings. The van der Waals surface area contributed by atoms with E-state index < -0.39 is 11.9 Å². The van der Waals surface area contributed by atoms with Gasteiger partial charge in [0.25, 0.3) is 5.89 Å². The lowest BCUT2D eigenvalue weighted by Crippen LogP contribution is -2.41. The third-order valence-corrected chi connectivity index (χ3v) is 5.25. The zero-order chi connectivity index (χ0) is 20.8. The smallest absolute Gasteiger partial charge is 0.312 e. The summed E-state index contributed by atoms with van der Waals surface area (Å²) in [4.78, 5) is 30.8. The largest absolute Gasteiger partial charge is 0.411 e. The molecule has 5 aromatic heterocycles. The summed E-state index contributed by atoms with van der Waals surface area (Å²) in [6.07, 6.45) is 8.70. The van der Waals surface area contributed by atoms with Crippen molar-refractivity contribution in [3.8, 4) is 11.6 Å². The lowest BCUT2D eigenvalue weighted by Gasteiger charge is -2.32. The van der Waals surface area contributed by atoms with Crippen molar-refractivity contribution in [2.24, 2.45) is 0 Å². The van der Waals surface area contributed by atoms with Gasteiger partial charge in [0.2, 0.25) is 0 Å². The molecular formula is C20H15N9O2. The van der Waals surface area contributed by atoms with Gasteiger partial charge in [0.05, 0.1) is 29.4 Å². The zero-order valence-corrected chi connectivity index (χ0v) is 16.1. The van der Waals surface area contributed by atoms with Crippen LogP contribution in [-0.2, 0) is 6.42 Å². The number of amides is 1. The Morgan fingerprint density at radius 2 is 2.16 bits per heavy atom. The maximum Gasteiger partial charge on any atom is 0.312 e. The van der Waals surface area contributed by atoms with E-state index in [0.29, 0.717) is 24.4 Å².